The lowest BCUT2D eigenvalue weighted by Crippen LogP contribution is -1.92. The Morgan fingerprint density at radius 3 is 2.70 bits per heavy atom. The first-order valence-corrected chi connectivity index (χ1v) is 3.99. The largest absolute Gasteiger partial charge is 0.197 e. The van der Waals surface area contributed by atoms with Gasteiger partial charge in [0.1, 0.15) is 5.38 Å². The standard InChI is InChI=1S/C6H6Cl3N/c7-2-1-5(8)3-6(9)4-10/h1,6H,2-3H2/b5-1+. The number of hydrogen-bond donors (Lipinski definition) is 0. The fourth-order valence-corrected chi connectivity index (χ4v) is 1.13. The zero-order valence-corrected chi connectivity index (χ0v) is 7.42. The van der Waals surface area contributed by atoms with E-state index in [-0.39, 0.29) is 0 Å². The van der Waals surface area contributed by atoms with Gasteiger partial charge in [0.15, 0.2) is 0 Å². The molecule has 0 heterocycles. The first-order chi connectivity index (χ1) is 4.70. The highest BCUT2D eigenvalue weighted by Crippen LogP contribution is 2.13. The molecular weight excluding hydrogens is 192 g/mol. The minimum absolute atomic E-state index is 0.355. The molecule has 0 aliphatic carbocycles. The summed E-state index contributed by atoms with van der Waals surface area (Å²) in [6.45, 7) is 0. The number of nitriles is 1. The van der Waals surface area contributed by atoms with Crippen LogP contribution in [0, 0.1) is 11.3 Å². The van der Waals surface area contributed by atoms with Crippen molar-refractivity contribution in [3.05, 3.63) is 11.1 Å². The summed E-state index contributed by atoms with van der Waals surface area (Å²) in [5.74, 6) is 0.355. The molecule has 0 saturated carbocycles. The maximum Gasteiger partial charge on any atom is 0.125 e. The van der Waals surface area contributed by atoms with Crippen molar-refractivity contribution in [1.29, 1.82) is 5.26 Å². The van der Waals surface area contributed by atoms with Crippen molar-refractivity contribution < 1.29 is 0 Å². The molecule has 56 valence electrons. The summed E-state index contributed by atoms with van der Waals surface area (Å²) in [4.78, 5) is 0. The molecule has 0 aromatic heterocycles. The van der Waals surface area contributed by atoms with Gasteiger partial charge in [-0.25, -0.2) is 0 Å². The molecular formula is C6H6Cl3N. The van der Waals surface area contributed by atoms with Gasteiger partial charge in [-0.1, -0.05) is 17.7 Å². The Kier molecular flexibility index (Phi) is 5.91. The zero-order valence-electron chi connectivity index (χ0n) is 5.15. The molecule has 10 heavy (non-hydrogen) atoms. The highest BCUT2D eigenvalue weighted by molar-refractivity contribution is 6.31. The van der Waals surface area contributed by atoms with Crippen molar-refractivity contribution in [2.45, 2.75) is 11.8 Å². The summed E-state index contributed by atoms with van der Waals surface area (Å²) in [5.41, 5.74) is 0. The van der Waals surface area contributed by atoms with Gasteiger partial charge in [0.2, 0.25) is 0 Å². The summed E-state index contributed by atoms with van der Waals surface area (Å²) < 4.78 is 0. The average Bonchev–Trinajstić information content (AvgIpc) is 1.88. The number of halogens is 3. The number of alkyl halides is 2. The Morgan fingerprint density at radius 1 is 1.70 bits per heavy atom. The van der Waals surface area contributed by atoms with E-state index in [0.29, 0.717) is 17.3 Å². The van der Waals surface area contributed by atoms with Crippen molar-refractivity contribution in [2.24, 2.45) is 0 Å². The summed E-state index contributed by atoms with van der Waals surface area (Å²) >= 11 is 16.4. The second-order valence-electron chi connectivity index (χ2n) is 1.61. The van der Waals surface area contributed by atoms with E-state index in [1.165, 1.54) is 0 Å². The van der Waals surface area contributed by atoms with Gasteiger partial charge in [-0.2, -0.15) is 5.26 Å². The van der Waals surface area contributed by atoms with Gasteiger partial charge in [-0.3, -0.25) is 0 Å². The van der Waals surface area contributed by atoms with E-state index in [1.54, 1.807) is 6.08 Å². The lowest BCUT2D eigenvalue weighted by Gasteiger charge is -1.96. The van der Waals surface area contributed by atoms with Crippen LogP contribution in [-0.4, -0.2) is 11.3 Å². The predicted molar refractivity (Wildman–Crippen MR) is 44.5 cm³/mol. The second kappa shape index (κ2) is 5.85. The molecule has 0 radical (unpaired) electrons. The van der Waals surface area contributed by atoms with E-state index in [1.807, 2.05) is 6.07 Å². The topological polar surface area (TPSA) is 23.8 Å². The molecule has 1 unspecified atom stereocenters. The first kappa shape index (κ1) is 10.1. The highest BCUT2D eigenvalue weighted by Gasteiger charge is 2.02. The third-order valence-corrected chi connectivity index (χ3v) is 1.53. The monoisotopic (exact) mass is 197 g/mol. The zero-order chi connectivity index (χ0) is 7.98. The van der Waals surface area contributed by atoms with Crippen LogP contribution >= 0.6 is 34.8 Å². The van der Waals surface area contributed by atoms with Gasteiger partial charge >= 0.3 is 0 Å². The minimum atomic E-state index is -0.549. The molecule has 0 bridgehead atoms. The van der Waals surface area contributed by atoms with Gasteiger partial charge in [-0.15, -0.1) is 23.2 Å². The maximum atomic E-state index is 8.25. The molecule has 4 heteroatoms. The summed E-state index contributed by atoms with van der Waals surface area (Å²) in [6.07, 6.45) is 1.99. The normalized spacial score (nSPS) is 14.4. The van der Waals surface area contributed by atoms with E-state index < -0.39 is 5.38 Å². The van der Waals surface area contributed by atoms with Crippen LogP contribution < -0.4 is 0 Å². The van der Waals surface area contributed by atoms with Crippen LogP contribution in [0.4, 0.5) is 0 Å². The van der Waals surface area contributed by atoms with Crippen LogP contribution in [0.2, 0.25) is 0 Å². The van der Waals surface area contributed by atoms with Gasteiger partial charge < -0.3 is 0 Å². The lowest BCUT2D eigenvalue weighted by atomic mass is 10.3. The molecule has 0 fully saturated rings. The van der Waals surface area contributed by atoms with Crippen LogP contribution in [0.25, 0.3) is 0 Å². The van der Waals surface area contributed by atoms with E-state index >= 15 is 0 Å². The quantitative estimate of drug-likeness (QED) is 0.640. The Labute approximate surface area is 75.2 Å². The Morgan fingerprint density at radius 2 is 2.30 bits per heavy atom. The van der Waals surface area contributed by atoms with Crippen LogP contribution in [0.1, 0.15) is 6.42 Å². The van der Waals surface area contributed by atoms with Crippen LogP contribution in [0.15, 0.2) is 11.1 Å². The number of allylic oxidation sites excluding steroid dienone is 2. The van der Waals surface area contributed by atoms with Crippen molar-refractivity contribution >= 4 is 34.8 Å². The average molecular weight is 198 g/mol. The summed E-state index contributed by atoms with van der Waals surface area (Å²) in [7, 11) is 0. The summed E-state index contributed by atoms with van der Waals surface area (Å²) in [5, 5.41) is 8.24. The van der Waals surface area contributed by atoms with Gasteiger partial charge in [0.05, 0.1) is 6.07 Å². The molecule has 0 N–H and O–H groups in total. The van der Waals surface area contributed by atoms with Crippen LogP contribution in [0.5, 0.6) is 0 Å². The predicted octanol–water partition coefficient (Wildman–Crippen LogP) is 2.87. The van der Waals surface area contributed by atoms with Crippen LogP contribution in [0.3, 0.4) is 0 Å². The molecule has 1 nitrogen and oxygen atoms in total. The smallest absolute Gasteiger partial charge is 0.125 e. The minimum Gasteiger partial charge on any atom is -0.197 e. The first-order valence-electron chi connectivity index (χ1n) is 2.65. The number of hydrogen-bond acceptors (Lipinski definition) is 1. The van der Waals surface area contributed by atoms with E-state index in [9.17, 15) is 0 Å². The van der Waals surface area contributed by atoms with Crippen LogP contribution in [-0.2, 0) is 0 Å². The molecule has 0 aromatic carbocycles. The van der Waals surface area contributed by atoms with E-state index in [2.05, 4.69) is 0 Å². The van der Waals surface area contributed by atoms with E-state index in [0.717, 1.165) is 0 Å². The lowest BCUT2D eigenvalue weighted by molar-refractivity contribution is 1.05. The van der Waals surface area contributed by atoms with Crippen molar-refractivity contribution in [1.82, 2.24) is 0 Å². The van der Waals surface area contributed by atoms with Crippen molar-refractivity contribution in [2.75, 3.05) is 5.88 Å². The van der Waals surface area contributed by atoms with Crippen molar-refractivity contribution in [3.8, 4) is 6.07 Å². The SMILES string of the molecule is N#CC(Cl)C/C(Cl)=C\CCl. The molecule has 1 atom stereocenters. The molecule has 0 saturated heterocycles. The van der Waals surface area contributed by atoms with Crippen molar-refractivity contribution in [3.63, 3.8) is 0 Å². The Hall–Kier alpha value is 0.1000. The molecule has 0 aliphatic heterocycles. The summed E-state index contributed by atoms with van der Waals surface area (Å²) in [6, 6.07) is 1.85. The number of rotatable bonds is 3. The van der Waals surface area contributed by atoms with Gasteiger partial charge in [-0.05, 0) is 0 Å². The maximum absolute atomic E-state index is 8.25. The Bertz CT molecular complexity index is 159. The number of nitrogens with zero attached hydrogens (tertiary/aromatic N) is 1. The Balaban J connectivity index is 3.70. The highest BCUT2D eigenvalue weighted by atomic mass is 35.5. The molecule has 0 spiro atoms. The van der Waals surface area contributed by atoms with Gasteiger partial charge in [0, 0.05) is 17.3 Å². The molecule has 0 aliphatic rings. The third-order valence-electron chi connectivity index (χ3n) is 0.813. The molecule has 0 amide bonds. The molecule has 0 rings (SSSR count). The van der Waals surface area contributed by atoms with Gasteiger partial charge in [0.25, 0.3) is 0 Å². The second-order valence-corrected chi connectivity index (χ2v) is 2.93. The van der Waals surface area contributed by atoms with E-state index in [4.69, 9.17) is 40.1 Å². The fraction of sp³-hybridized carbons (Fsp3) is 0.500. The fourth-order valence-electron chi connectivity index (χ4n) is 0.384. The third kappa shape index (κ3) is 4.93. The molecule has 0 aromatic rings.